The van der Waals surface area contributed by atoms with E-state index in [0.29, 0.717) is 74.4 Å². The molecule has 4 rings (SSSR count). The van der Waals surface area contributed by atoms with Gasteiger partial charge >= 0.3 is 0 Å². The van der Waals surface area contributed by atoms with E-state index in [0.717, 1.165) is 22.4 Å². The fourth-order valence-corrected chi connectivity index (χ4v) is 5.13. The van der Waals surface area contributed by atoms with Gasteiger partial charge in [0.2, 0.25) is 0 Å². The molecule has 0 aromatic heterocycles. The lowest BCUT2D eigenvalue weighted by atomic mass is 9.87. The van der Waals surface area contributed by atoms with E-state index in [1.807, 2.05) is 81.1 Å². The van der Waals surface area contributed by atoms with Crippen molar-refractivity contribution < 1.29 is 28.5 Å². The Kier molecular flexibility index (Phi) is 9.58. The molecule has 0 fully saturated rings. The van der Waals surface area contributed by atoms with Crippen LogP contribution in [0.3, 0.4) is 0 Å². The van der Waals surface area contributed by atoms with E-state index in [1.165, 1.54) is 0 Å². The number of carbonyl (C=O) groups is 1. The maximum absolute atomic E-state index is 14.0. The molecule has 3 aromatic rings. The number of methoxy groups -OCH3 is 1. The zero-order chi connectivity index (χ0) is 27.8. The van der Waals surface area contributed by atoms with Gasteiger partial charge in [0.15, 0.2) is 23.0 Å². The molecule has 1 atom stereocenters. The summed E-state index contributed by atoms with van der Waals surface area (Å²) in [5.41, 5.74) is 3.81. The summed E-state index contributed by atoms with van der Waals surface area (Å²) in [4.78, 5) is 16.0. The number of rotatable bonds is 12. The van der Waals surface area contributed by atoms with Gasteiger partial charge < -0.3 is 28.6 Å². The van der Waals surface area contributed by atoms with Gasteiger partial charge in [-0.2, -0.15) is 0 Å². The molecule has 0 aliphatic carbocycles. The molecule has 1 heterocycles. The van der Waals surface area contributed by atoms with Gasteiger partial charge in [-0.05, 0) is 93.6 Å². The smallest absolute Gasteiger partial charge is 0.258 e. The number of carbonyl (C=O) groups excluding carboxylic acids is 1. The fourth-order valence-electron chi connectivity index (χ4n) is 5.13. The lowest BCUT2D eigenvalue weighted by Gasteiger charge is -2.38. The first-order valence-electron chi connectivity index (χ1n) is 13.8. The standard InChI is InChI=1S/C32H39NO6/c1-6-36-28-15-14-22(19-29(28)37-7-2)18-26-25-21-31(39-9-4)30(38-8-3)20-23(25)16-17-33(26)32(34)24-12-10-11-13-27(24)35-5/h10-15,19-21,26H,6-9,16-18H2,1-5H3/t26-/m1/s1. The van der Waals surface area contributed by atoms with Crippen LogP contribution >= 0.6 is 0 Å². The Balaban J connectivity index is 1.80. The van der Waals surface area contributed by atoms with Crippen molar-refractivity contribution in [3.8, 4) is 28.7 Å². The van der Waals surface area contributed by atoms with Crippen LogP contribution in [-0.2, 0) is 12.8 Å². The van der Waals surface area contributed by atoms with Crippen molar-refractivity contribution >= 4 is 5.91 Å². The maximum atomic E-state index is 14.0. The van der Waals surface area contributed by atoms with Crippen molar-refractivity contribution in [2.24, 2.45) is 0 Å². The molecular formula is C32H39NO6. The van der Waals surface area contributed by atoms with E-state index < -0.39 is 0 Å². The third-order valence-corrected chi connectivity index (χ3v) is 6.80. The predicted molar refractivity (Wildman–Crippen MR) is 152 cm³/mol. The average molecular weight is 534 g/mol. The topological polar surface area (TPSA) is 66.5 Å². The van der Waals surface area contributed by atoms with Crippen LogP contribution in [0.25, 0.3) is 0 Å². The fraction of sp³-hybridized carbons (Fsp3) is 0.406. The van der Waals surface area contributed by atoms with Crippen LogP contribution in [0.1, 0.15) is 60.8 Å². The van der Waals surface area contributed by atoms with Gasteiger partial charge in [-0.25, -0.2) is 0 Å². The number of hydrogen-bond acceptors (Lipinski definition) is 6. The predicted octanol–water partition coefficient (Wildman–Crippen LogP) is 6.27. The van der Waals surface area contributed by atoms with Crippen molar-refractivity contribution in [3.63, 3.8) is 0 Å². The van der Waals surface area contributed by atoms with Gasteiger partial charge in [-0.15, -0.1) is 0 Å². The van der Waals surface area contributed by atoms with Crippen molar-refractivity contribution in [2.75, 3.05) is 40.1 Å². The first-order valence-corrected chi connectivity index (χ1v) is 13.8. The average Bonchev–Trinajstić information content (AvgIpc) is 2.95. The molecule has 1 aliphatic heterocycles. The number of fused-ring (bicyclic) bond motifs is 1. The SMILES string of the molecule is CCOc1ccc(C[C@@H]2c3cc(OCC)c(OCC)cc3CCN2C(=O)c2ccccc2OC)cc1OCC. The zero-order valence-corrected chi connectivity index (χ0v) is 23.6. The van der Waals surface area contributed by atoms with Crippen LogP contribution in [0.4, 0.5) is 0 Å². The van der Waals surface area contributed by atoms with Crippen LogP contribution in [0, 0.1) is 0 Å². The maximum Gasteiger partial charge on any atom is 0.258 e. The summed E-state index contributed by atoms with van der Waals surface area (Å²) in [5, 5.41) is 0. The Bertz CT molecular complexity index is 1270. The normalized spacial score (nSPS) is 14.4. The van der Waals surface area contributed by atoms with Gasteiger partial charge in [0.05, 0.1) is 45.1 Å². The summed E-state index contributed by atoms with van der Waals surface area (Å²) < 4.78 is 29.1. The van der Waals surface area contributed by atoms with E-state index in [2.05, 4.69) is 6.07 Å². The molecule has 0 bridgehead atoms. The molecule has 1 amide bonds. The number of para-hydroxylation sites is 1. The summed E-state index contributed by atoms with van der Waals surface area (Å²) >= 11 is 0. The monoisotopic (exact) mass is 533 g/mol. The highest BCUT2D eigenvalue weighted by molar-refractivity contribution is 5.97. The molecule has 3 aromatic carbocycles. The summed E-state index contributed by atoms with van der Waals surface area (Å²) in [5.74, 6) is 3.35. The van der Waals surface area contributed by atoms with Crippen LogP contribution in [0.5, 0.6) is 28.7 Å². The van der Waals surface area contributed by atoms with Gasteiger partial charge in [-0.1, -0.05) is 18.2 Å². The molecule has 0 N–H and O–H groups in total. The van der Waals surface area contributed by atoms with E-state index in [-0.39, 0.29) is 11.9 Å². The Hall–Kier alpha value is -3.87. The second kappa shape index (κ2) is 13.3. The number of hydrogen-bond donors (Lipinski definition) is 0. The Morgan fingerprint density at radius 2 is 1.38 bits per heavy atom. The largest absolute Gasteiger partial charge is 0.496 e. The van der Waals surface area contributed by atoms with Gasteiger partial charge in [0, 0.05) is 6.54 Å². The lowest BCUT2D eigenvalue weighted by Crippen LogP contribution is -2.41. The highest BCUT2D eigenvalue weighted by atomic mass is 16.5. The quantitative estimate of drug-likeness (QED) is 0.273. The summed E-state index contributed by atoms with van der Waals surface area (Å²) in [7, 11) is 1.59. The minimum atomic E-state index is -0.228. The third-order valence-electron chi connectivity index (χ3n) is 6.80. The van der Waals surface area contributed by atoms with Crippen molar-refractivity contribution in [2.45, 2.75) is 46.6 Å². The van der Waals surface area contributed by atoms with E-state index >= 15 is 0 Å². The van der Waals surface area contributed by atoms with Crippen LogP contribution in [0.15, 0.2) is 54.6 Å². The molecule has 208 valence electrons. The zero-order valence-electron chi connectivity index (χ0n) is 23.6. The summed E-state index contributed by atoms with van der Waals surface area (Å²) in [6.45, 7) is 10.6. The number of nitrogens with zero attached hydrogens (tertiary/aromatic N) is 1. The third kappa shape index (κ3) is 6.24. The first kappa shape index (κ1) is 28.1. The summed E-state index contributed by atoms with van der Waals surface area (Å²) in [6.07, 6.45) is 1.31. The molecule has 7 nitrogen and oxygen atoms in total. The molecule has 0 unspecified atom stereocenters. The van der Waals surface area contributed by atoms with Crippen molar-refractivity contribution in [1.29, 1.82) is 0 Å². The van der Waals surface area contributed by atoms with Gasteiger partial charge in [-0.3, -0.25) is 4.79 Å². The van der Waals surface area contributed by atoms with Crippen molar-refractivity contribution in [1.82, 2.24) is 4.90 Å². The Labute approximate surface area is 231 Å². The second-order valence-corrected chi connectivity index (χ2v) is 9.18. The molecule has 7 heteroatoms. The Morgan fingerprint density at radius 3 is 2.05 bits per heavy atom. The Morgan fingerprint density at radius 1 is 0.769 bits per heavy atom. The molecule has 39 heavy (non-hydrogen) atoms. The minimum Gasteiger partial charge on any atom is -0.496 e. The first-order chi connectivity index (χ1) is 19.0. The van der Waals surface area contributed by atoms with Crippen LogP contribution in [0.2, 0.25) is 0 Å². The minimum absolute atomic E-state index is 0.0640. The van der Waals surface area contributed by atoms with Crippen LogP contribution in [-0.4, -0.2) is 50.9 Å². The molecule has 1 aliphatic rings. The number of benzene rings is 3. The molecule has 0 radical (unpaired) electrons. The molecular weight excluding hydrogens is 494 g/mol. The molecule has 0 saturated carbocycles. The van der Waals surface area contributed by atoms with E-state index in [1.54, 1.807) is 7.11 Å². The van der Waals surface area contributed by atoms with Gasteiger partial charge in [0.1, 0.15) is 5.75 Å². The molecule has 0 saturated heterocycles. The lowest BCUT2D eigenvalue weighted by molar-refractivity contribution is 0.0656. The van der Waals surface area contributed by atoms with Crippen molar-refractivity contribution in [3.05, 3.63) is 76.9 Å². The molecule has 0 spiro atoms. The number of amides is 1. The van der Waals surface area contributed by atoms with Gasteiger partial charge in [0.25, 0.3) is 5.91 Å². The highest BCUT2D eigenvalue weighted by Gasteiger charge is 2.34. The summed E-state index contributed by atoms with van der Waals surface area (Å²) in [6, 6.07) is 17.3. The van der Waals surface area contributed by atoms with E-state index in [4.69, 9.17) is 23.7 Å². The number of ether oxygens (including phenoxy) is 5. The second-order valence-electron chi connectivity index (χ2n) is 9.18. The van der Waals surface area contributed by atoms with Crippen LogP contribution < -0.4 is 23.7 Å². The highest BCUT2D eigenvalue weighted by Crippen LogP contribution is 2.41. The van der Waals surface area contributed by atoms with E-state index in [9.17, 15) is 4.79 Å².